The van der Waals surface area contributed by atoms with Gasteiger partial charge in [0.25, 0.3) is 0 Å². The summed E-state index contributed by atoms with van der Waals surface area (Å²) in [6.07, 6.45) is 3.67. The number of primary amides is 1. The zero-order valence-corrected chi connectivity index (χ0v) is 21.7. The number of hydrogen-bond acceptors (Lipinski definition) is 8. The highest BCUT2D eigenvalue weighted by Gasteiger charge is 2.30. The first-order valence-electron chi connectivity index (χ1n) is 11.5. The summed E-state index contributed by atoms with van der Waals surface area (Å²) in [6.45, 7) is 3.60. The summed E-state index contributed by atoms with van der Waals surface area (Å²) in [5, 5.41) is 11.4. The van der Waals surface area contributed by atoms with E-state index < -0.39 is 6.03 Å². The molecule has 0 bridgehead atoms. The number of hydrogen-bond donors (Lipinski definition) is 1. The predicted octanol–water partition coefficient (Wildman–Crippen LogP) is 4.45. The molecule has 1 aromatic carbocycles. The average molecular weight is 525 g/mol. The van der Waals surface area contributed by atoms with Crippen molar-refractivity contribution in [1.82, 2.24) is 19.3 Å². The number of aromatic nitrogens is 3. The number of nitriles is 1. The van der Waals surface area contributed by atoms with Crippen molar-refractivity contribution in [3.63, 3.8) is 0 Å². The monoisotopic (exact) mass is 524 g/mol. The summed E-state index contributed by atoms with van der Waals surface area (Å²) in [4.78, 5) is 28.3. The Morgan fingerprint density at radius 1 is 1.28 bits per heavy atom. The lowest BCUT2D eigenvalue weighted by Crippen LogP contribution is -2.42. The second kappa shape index (κ2) is 9.40. The molecule has 186 valence electrons. The molecule has 9 nitrogen and oxygen atoms in total. The van der Waals surface area contributed by atoms with Crippen LogP contribution in [0.4, 0.5) is 25.1 Å². The van der Waals surface area contributed by atoms with Gasteiger partial charge in [-0.1, -0.05) is 29.6 Å². The number of carbonyl (C=O) groups excluding carboxylic acids is 1. The number of imidazole rings is 1. The van der Waals surface area contributed by atoms with E-state index in [4.69, 9.17) is 15.7 Å². The fraction of sp³-hybridized carbons (Fsp3) is 0.333. The second-order valence-corrected chi connectivity index (χ2v) is 10.6. The Bertz CT molecular complexity index is 1470. The molecule has 4 heterocycles. The molecule has 1 aliphatic rings. The Labute approximate surface area is 215 Å². The number of carbonyl (C=O) groups is 1. The number of likely N-dealkylation sites (N-methyl/N-ethyl adjacent to an activating group) is 1. The molecule has 0 spiro atoms. The van der Waals surface area contributed by atoms with E-state index in [1.165, 1.54) is 23.5 Å². The highest BCUT2D eigenvalue weighted by Crippen LogP contribution is 2.39. The maximum Gasteiger partial charge on any atom is 0.314 e. The lowest BCUT2D eigenvalue weighted by Gasteiger charge is -2.23. The molecule has 3 aromatic heterocycles. The Morgan fingerprint density at radius 2 is 2.03 bits per heavy atom. The SMILES string of the molecule is CCc1nc2sc(N3CCC(N(C)C(N)=O)C3)cn2c1N(C)c1nc(-c2ccc(F)cc2)c(C#N)s1. The summed E-state index contributed by atoms with van der Waals surface area (Å²) >= 11 is 2.90. The summed E-state index contributed by atoms with van der Waals surface area (Å²) < 4.78 is 15.5. The van der Waals surface area contributed by atoms with Crippen LogP contribution in [-0.2, 0) is 6.42 Å². The Hall–Kier alpha value is -3.69. The van der Waals surface area contributed by atoms with Gasteiger partial charge in [0.1, 0.15) is 33.3 Å². The van der Waals surface area contributed by atoms with Crippen LogP contribution in [0.2, 0.25) is 0 Å². The number of aryl methyl sites for hydroxylation is 1. The number of benzene rings is 1. The van der Waals surface area contributed by atoms with E-state index >= 15 is 0 Å². The number of rotatable bonds is 6. The van der Waals surface area contributed by atoms with Crippen molar-refractivity contribution >= 4 is 49.6 Å². The van der Waals surface area contributed by atoms with Gasteiger partial charge in [-0.05, 0) is 37.1 Å². The third-order valence-corrected chi connectivity index (χ3v) is 8.58. The molecule has 1 unspecified atom stereocenters. The summed E-state index contributed by atoms with van der Waals surface area (Å²) in [5.41, 5.74) is 7.62. The molecule has 0 radical (unpaired) electrons. The fourth-order valence-corrected chi connectivity index (χ4v) is 6.35. The van der Waals surface area contributed by atoms with Crippen LogP contribution in [0.5, 0.6) is 0 Å². The van der Waals surface area contributed by atoms with Crippen LogP contribution in [0.25, 0.3) is 16.2 Å². The van der Waals surface area contributed by atoms with Crippen molar-refractivity contribution in [2.75, 3.05) is 37.0 Å². The van der Waals surface area contributed by atoms with Gasteiger partial charge in [-0.3, -0.25) is 4.40 Å². The summed E-state index contributed by atoms with van der Waals surface area (Å²) in [6, 6.07) is 7.89. The third-order valence-electron chi connectivity index (χ3n) is 6.50. The molecule has 1 saturated heterocycles. The van der Waals surface area contributed by atoms with Crippen molar-refractivity contribution < 1.29 is 9.18 Å². The molecule has 36 heavy (non-hydrogen) atoms. The van der Waals surface area contributed by atoms with Crippen molar-refractivity contribution in [2.24, 2.45) is 5.73 Å². The highest BCUT2D eigenvalue weighted by atomic mass is 32.1. The standard InChI is InChI=1S/C24H25FN8OS2/c1-4-17-21(31(3)23-29-20(18(11-26)35-23)14-5-7-15(25)8-6-14)33-13-19(36-24(33)28-17)32-10-9-16(12-32)30(2)22(27)34/h5-8,13,16H,4,9-10,12H2,1-3H3,(H2,27,34). The Morgan fingerprint density at radius 3 is 2.69 bits per heavy atom. The third kappa shape index (κ3) is 4.14. The summed E-state index contributed by atoms with van der Waals surface area (Å²) in [5.74, 6) is 0.557. The quantitative estimate of drug-likeness (QED) is 0.399. The highest BCUT2D eigenvalue weighted by molar-refractivity contribution is 7.21. The Balaban J connectivity index is 1.49. The number of fused-ring (bicyclic) bond motifs is 1. The molecule has 1 fully saturated rings. The molecule has 1 aliphatic heterocycles. The van der Waals surface area contributed by atoms with Gasteiger partial charge in [0.2, 0.25) is 0 Å². The smallest absolute Gasteiger partial charge is 0.314 e. The van der Waals surface area contributed by atoms with E-state index in [1.54, 1.807) is 35.4 Å². The maximum atomic E-state index is 13.4. The molecule has 0 saturated carbocycles. The zero-order chi connectivity index (χ0) is 25.6. The normalized spacial score (nSPS) is 15.4. The first kappa shape index (κ1) is 24.0. The minimum absolute atomic E-state index is 0.0786. The lowest BCUT2D eigenvalue weighted by atomic mass is 10.1. The van der Waals surface area contributed by atoms with E-state index in [9.17, 15) is 14.4 Å². The van der Waals surface area contributed by atoms with Gasteiger partial charge in [0.05, 0.1) is 11.7 Å². The van der Waals surface area contributed by atoms with E-state index in [0.29, 0.717) is 27.8 Å². The van der Waals surface area contributed by atoms with Crippen LogP contribution >= 0.6 is 22.7 Å². The van der Waals surface area contributed by atoms with Gasteiger partial charge >= 0.3 is 6.03 Å². The van der Waals surface area contributed by atoms with Crippen molar-refractivity contribution in [3.8, 4) is 17.3 Å². The lowest BCUT2D eigenvalue weighted by molar-refractivity contribution is 0.204. The number of urea groups is 1. The topological polar surface area (TPSA) is 107 Å². The number of amides is 2. The van der Waals surface area contributed by atoms with E-state index in [2.05, 4.69) is 28.5 Å². The average Bonchev–Trinajstić information content (AvgIpc) is 3.65. The molecule has 2 N–H and O–H groups in total. The molecular weight excluding hydrogens is 499 g/mol. The number of anilines is 3. The molecule has 1 atom stereocenters. The van der Waals surface area contributed by atoms with Gasteiger partial charge in [0.15, 0.2) is 10.1 Å². The van der Waals surface area contributed by atoms with Crippen molar-refractivity contribution in [3.05, 3.63) is 46.9 Å². The van der Waals surface area contributed by atoms with Crippen LogP contribution in [0.15, 0.2) is 30.5 Å². The van der Waals surface area contributed by atoms with Crippen LogP contribution in [0.1, 0.15) is 23.9 Å². The van der Waals surface area contributed by atoms with Gasteiger partial charge in [-0.2, -0.15) is 5.26 Å². The van der Waals surface area contributed by atoms with Gasteiger partial charge in [-0.25, -0.2) is 19.2 Å². The predicted molar refractivity (Wildman–Crippen MR) is 141 cm³/mol. The summed E-state index contributed by atoms with van der Waals surface area (Å²) in [7, 11) is 3.66. The molecular formula is C24H25FN8OS2. The molecule has 5 rings (SSSR count). The molecule has 12 heteroatoms. The van der Waals surface area contributed by atoms with E-state index in [0.717, 1.165) is 40.9 Å². The largest absolute Gasteiger partial charge is 0.360 e. The van der Waals surface area contributed by atoms with Gasteiger partial charge in [0, 0.05) is 38.9 Å². The fourth-order valence-electron chi connectivity index (χ4n) is 4.47. The number of nitrogens with zero attached hydrogens (tertiary/aromatic N) is 7. The van der Waals surface area contributed by atoms with Crippen LogP contribution in [-0.4, -0.2) is 58.5 Å². The van der Waals surface area contributed by atoms with Crippen molar-refractivity contribution in [2.45, 2.75) is 25.8 Å². The maximum absolute atomic E-state index is 13.4. The second-order valence-electron chi connectivity index (χ2n) is 8.65. The van der Waals surface area contributed by atoms with Crippen LogP contribution in [0.3, 0.4) is 0 Å². The molecule has 0 aliphatic carbocycles. The molecule has 2 amide bonds. The van der Waals surface area contributed by atoms with Gasteiger partial charge < -0.3 is 20.4 Å². The van der Waals surface area contributed by atoms with Crippen molar-refractivity contribution in [1.29, 1.82) is 5.26 Å². The Kier molecular flexibility index (Phi) is 6.27. The number of nitrogens with two attached hydrogens (primary N) is 1. The van der Waals surface area contributed by atoms with Crippen LogP contribution in [0, 0.1) is 17.1 Å². The van der Waals surface area contributed by atoms with Crippen LogP contribution < -0.4 is 15.5 Å². The zero-order valence-electron chi connectivity index (χ0n) is 20.1. The number of halogens is 1. The van der Waals surface area contributed by atoms with Gasteiger partial charge in [-0.15, -0.1) is 0 Å². The van der Waals surface area contributed by atoms with E-state index in [-0.39, 0.29) is 11.9 Å². The number of thiazole rings is 2. The minimum Gasteiger partial charge on any atom is -0.360 e. The first-order valence-corrected chi connectivity index (χ1v) is 13.1. The molecule has 4 aromatic rings. The van der Waals surface area contributed by atoms with E-state index in [1.807, 2.05) is 11.9 Å². The minimum atomic E-state index is -0.417. The first-order chi connectivity index (χ1) is 17.3.